The zero-order chi connectivity index (χ0) is 52.7. The number of anilines is 1. The topological polar surface area (TPSA) is 216 Å². The summed E-state index contributed by atoms with van der Waals surface area (Å²) in [5.41, 5.74) is -6.23. The van der Waals surface area contributed by atoms with E-state index in [1.54, 1.807) is 5.32 Å². The smallest absolute Gasteiger partial charge is 0.435 e. The van der Waals surface area contributed by atoms with Gasteiger partial charge in [0.15, 0.2) is 21.3 Å². The summed E-state index contributed by atoms with van der Waals surface area (Å²) >= 11 is 6.54. The minimum absolute atomic E-state index is 0.160. The number of benzene rings is 2. The fourth-order valence-electron chi connectivity index (χ4n) is 8.03. The lowest BCUT2D eigenvalue weighted by atomic mass is 9.93. The fourth-order valence-corrected chi connectivity index (χ4v) is 9.31. The summed E-state index contributed by atoms with van der Waals surface area (Å²) in [5.74, 6) is -7.98. The Morgan fingerprint density at radius 2 is 1.59 bits per heavy atom. The molecular formula is C42H35ClF10N8O8S2. The second kappa shape index (κ2) is 18.0. The van der Waals surface area contributed by atoms with Crippen molar-refractivity contribution in [3.05, 3.63) is 93.0 Å². The van der Waals surface area contributed by atoms with Crippen LogP contribution in [0.4, 0.5) is 54.5 Å². The van der Waals surface area contributed by atoms with E-state index >= 15 is 8.78 Å². The van der Waals surface area contributed by atoms with E-state index in [4.69, 9.17) is 16.7 Å². The van der Waals surface area contributed by atoms with Gasteiger partial charge in [0.25, 0.3) is 5.92 Å². The first-order chi connectivity index (χ1) is 32.6. The van der Waals surface area contributed by atoms with E-state index in [1.807, 2.05) is 0 Å². The minimum Gasteiger partial charge on any atom is -0.480 e. The predicted molar refractivity (Wildman–Crippen MR) is 231 cm³/mol. The highest BCUT2D eigenvalue weighted by Gasteiger charge is 2.68. The molecule has 3 heterocycles. The summed E-state index contributed by atoms with van der Waals surface area (Å²) in [7, 11) is -8.84. The molecule has 0 spiro atoms. The maximum atomic E-state index is 15.6. The molecule has 0 aliphatic heterocycles. The van der Waals surface area contributed by atoms with Crippen LogP contribution in [0.15, 0.2) is 42.5 Å². The quantitative estimate of drug-likeness (QED) is 0.0819. The van der Waals surface area contributed by atoms with Crippen LogP contribution in [0, 0.1) is 29.4 Å². The molecule has 0 saturated heterocycles. The summed E-state index contributed by atoms with van der Waals surface area (Å²) in [6, 6.07) is 2.76. The Hall–Kier alpha value is -6.47. The van der Waals surface area contributed by atoms with E-state index in [9.17, 15) is 66.3 Å². The van der Waals surface area contributed by atoms with Crippen molar-refractivity contribution in [2.45, 2.75) is 74.8 Å². The molecular weight excluding hydrogens is 1030 g/mol. The summed E-state index contributed by atoms with van der Waals surface area (Å²) in [5, 5.41) is 19.2. The van der Waals surface area contributed by atoms with Crippen LogP contribution in [0.1, 0.15) is 66.1 Å². The van der Waals surface area contributed by atoms with Crippen molar-refractivity contribution in [3.63, 3.8) is 0 Å². The molecule has 3 atom stereocenters. The van der Waals surface area contributed by atoms with Crippen molar-refractivity contribution in [2.75, 3.05) is 23.4 Å². The molecule has 2 aliphatic rings. The third kappa shape index (κ3) is 10.6. The average molecular weight is 1070 g/mol. The first kappa shape index (κ1) is 52.4. The highest BCUT2D eigenvalue weighted by atomic mass is 35.5. The number of carbonyl (C=O) groups excluding carboxylic acids is 2. The van der Waals surface area contributed by atoms with Crippen LogP contribution in [0.2, 0.25) is 5.02 Å². The van der Waals surface area contributed by atoms with E-state index in [-0.39, 0.29) is 36.9 Å². The van der Waals surface area contributed by atoms with Crippen molar-refractivity contribution in [2.24, 2.45) is 5.92 Å². The number of amides is 3. The molecule has 3 N–H and O–H groups in total. The predicted octanol–water partition coefficient (Wildman–Crippen LogP) is 6.85. The number of hydrogen-bond acceptors (Lipinski definition) is 10. The van der Waals surface area contributed by atoms with Gasteiger partial charge in [0.1, 0.15) is 47.4 Å². The number of sulfone groups is 1. The Morgan fingerprint density at radius 3 is 2.17 bits per heavy atom. The van der Waals surface area contributed by atoms with Gasteiger partial charge in [-0.2, -0.15) is 49.6 Å². The molecule has 380 valence electrons. The molecule has 1 unspecified atom stereocenters. The van der Waals surface area contributed by atoms with Gasteiger partial charge < -0.3 is 15.7 Å². The monoisotopic (exact) mass is 1070 g/mol. The summed E-state index contributed by atoms with van der Waals surface area (Å²) in [6.45, 7) is -2.12. The molecule has 7 rings (SSSR count). The number of fused-ring (bicyclic) bond motifs is 4. The van der Waals surface area contributed by atoms with Crippen LogP contribution >= 0.6 is 11.6 Å². The van der Waals surface area contributed by atoms with Crippen molar-refractivity contribution in [1.29, 1.82) is 0 Å². The van der Waals surface area contributed by atoms with Crippen molar-refractivity contribution in [3.8, 4) is 23.0 Å². The average Bonchev–Trinajstić information content (AvgIpc) is 3.73. The first-order valence-corrected chi connectivity index (χ1v) is 24.5. The largest absolute Gasteiger partial charge is 0.480 e. The van der Waals surface area contributed by atoms with Crippen LogP contribution in [0.25, 0.3) is 22.0 Å². The van der Waals surface area contributed by atoms with Gasteiger partial charge in [0.2, 0.25) is 15.9 Å². The second-order valence-electron chi connectivity index (χ2n) is 17.1. The highest BCUT2D eigenvalue weighted by molar-refractivity contribution is 7.93. The molecule has 16 nitrogen and oxygen atoms in total. The van der Waals surface area contributed by atoms with Gasteiger partial charge in [0.05, 0.1) is 33.9 Å². The molecule has 71 heavy (non-hydrogen) atoms. The molecule has 2 aliphatic carbocycles. The summed E-state index contributed by atoms with van der Waals surface area (Å²) < 4.78 is 196. The Labute approximate surface area is 400 Å². The third-order valence-corrected chi connectivity index (χ3v) is 14.7. The SMILES string of the molecule is CC(C)(C#Cc1ccc(-c2ccc(Cl)c3c(N(C(=O)NCC(=O)O)S(C)(=O)=O)nn(CC(F)(F)F)c23)c([C@H](Cc2cc(F)cc(F)c2)NC(=O)Cn2nc(C(F)(F)F)c3c2C(F)(F)[C@@H]2CC32)n1)S(C)(=O)=O. The van der Waals surface area contributed by atoms with Gasteiger partial charge in [0, 0.05) is 34.9 Å². The lowest BCUT2D eigenvalue weighted by Crippen LogP contribution is -2.45. The third-order valence-electron chi connectivity index (χ3n) is 11.4. The van der Waals surface area contributed by atoms with Gasteiger partial charge in [-0.05, 0) is 74.4 Å². The molecule has 1 saturated carbocycles. The number of hydrogen-bond donors (Lipinski definition) is 3. The molecule has 3 aromatic heterocycles. The van der Waals surface area contributed by atoms with E-state index in [2.05, 4.69) is 32.3 Å². The van der Waals surface area contributed by atoms with E-state index in [0.717, 1.165) is 42.7 Å². The number of carboxylic acid groups (broad SMARTS) is 1. The van der Waals surface area contributed by atoms with Gasteiger partial charge in [-0.15, -0.1) is 0 Å². The Bertz CT molecular complexity index is 3330. The maximum Gasteiger partial charge on any atom is 0.435 e. The van der Waals surface area contributed by atoms with Gasteiger partial charge in [-0.1, -0.05) is 23.6 Å². The highest BCUT2D eigenvalue weighted by Crippen LogP contribution is 2.68. The van der Waals surface area contributed by atoms with Crippen LogP contribution in [0.5, 0.6) is 0 Å². The maximum absolute atomic E-state index is 15.6. The number of urea groups is 1. The summed E-state index contributed by atoms with van der Waals surface area (Å²) in [4.78, 5) is 43.2. The fraction of sp³-hybridized carbons (Fsp3) is 0.381. The van der Waals surface area contributed by atoms with Gasteiger partial charge in [-0.25, -0.2) is 35.4 Å². The molecule has 1 fully saturated rings. The van der Waals surface area contributed by atoms with Crippen LogP contribution in [0.3, 0.4) is 0 Å². The second-order valence-corrected chi connectivity index (χ2v) is 21.9. The van der Waals surface area contributed by atoms with Gasteiger partial charge in [-0.3, -0.25) is 19.0 Å². The van der Waals surface area contributed by atoms with Crippen molar-refractivity contribution < 1.29 is 80.2 Å². The number of aliphatic carboxylic acids is 1. The molecule has 5 aromatic rings. The van der Waals surface area contributed by atoms with Crippen LogP contribution < -0.4 is 14.9 Å². The Kier molecular flexibility index (Phi) is 13.3. The van der Waals surface area contributed by atoms with E-state index < -0.39 is 166 Å². The number of aromatic nitrogens is 5. The van der Waals surface area contributed by atoms with Gasteiger partial charge >= 0.3 is 24.4 Å². The lowest BCUT2D eigenvalue weighted by Gasteiger charge is -2.23. The van der Waals surface area contributed by atoms with Crippen molar-refractivity contribution >= 4 is 66.1 Å². The number of rotatable bonds is 13. The van der Waals surface area contributed by atoms with E-state index in [1.165, 1.54) is 13.8 Å². The zero-order valence-corrected chi connectivity index (χ0v) is 39.2. The van der Waals surface area contributed by atoms with E-state index in [0.29, 0.717) is 12.3 Å². The number of sulfonamides is 1. The number of pyridine rings is 1. The molecule has 0 radical (unpaired) electrons. The number of alkyl halides is 8. The summed E-state index contributed by atoms with van der Waals surface area (Å²) in [6.07, 6.45) is -10.2. The lowest BCUT2D eigenvalue weighted by molar-refractivity contribution is -0.143. The van der Waals surface area contributed by atoms with Crippen molar-refractivity contribution in [1.82, 2.24) is 35.2 Å². The number of nitrogens with one attached hydrogen (secondary N) is 2. The first-order valence-electron chi connectivity index (χ1n) is 20.4. The van der Waals surface area contributed by atoms with Crippen LogP contribution in [-0.4, -0.2) is 94.4 Å². The standard InChI is InChI=1S/C42H35ClF10N8O8S2/c1-39(2,70(3,66)67)10-9-22-5-6-23(24-7-8-27(43)32-34(24)60(18-40(46,47)48)58-37(32)61(71(4,68)69)38(65)54-16-30(63)64)33(55-22)28(13-19-11-20(44)14-21(45)12-19)56-29(62)17-59-36-31(35(57-59)42(51,52)53)25-15-26(25)41(36,49)50/h5-8,11-12,14,25-26,28H,13,15-18H2,1-4H3,(H,54,65)(H,56,62)(H,63,64)/t25?,26-,28+/m1/s1. The zero-order valence-electron chi connectivity index (χ0n) is 36.8. The Balaban J connectivity index is 1.49. The normalized spacial score (nSPS) is 16.9. The minimum atomic E-state index is -5.24. The molecule has 3 amide bonds. The molecule has 0 bridgehead atoms. The number of carbonyl (C=O) groups is 3. The van der Waals surface area contributed by atoms with Crippen LogP contribution in [-0.2, 0) is 61.1 Å². The number of halogens is 11. The molecule has 2 aromatic carbocycles. The Morgan fingerprint density at radius 1 is 0.958 bits per heavy atom. The molecule has 29 heteroatoms. The number of carboxylic acids is 1. The number of nitrogens with zero attached hydrogens (tertiary/aromatic N) is 6.